The molecule has 7 heteroatoms. The van der Waals surface area contributed by atoms with Gasteiger partial charge in [-0.3, -0.25) is 9.69 Å². The number of aliphatic carboxylic acids is 2. The van der Waals surface area contributed by atoms with Crippen LogP contribution in [0.4, 0.5) is 0 Å². The number of piperazine rings is 1. The molecule has 27 heavy (non-hydrogen) atoms. The fourth-order valence-corrected chi connectivity index (χ4v) is 3.02. The van der Waals surface area contributed by atoms with Crippen molar-refractivity contribution in [2.24, 2.45) is 0 Å². The van der Waals surface area contributed by atoms with Crippen molar-refractivity contribution in [1.29, 1.82) is 0 Å². The van der Waals surface area contributed by atoms with E-state index in [1.807, 2.05) is 35.2 Å². The summed E-state index contributed by atoms with van der Waals surface area (Å²) >= 11 is 0. The summed E-state index contributed by atoms with van der Waals surface area (Å²) in [5.74, 6) is -3.49. The Hall–Kier alpha value is -2.93. The Morgan fingerprint density at radius 3 is 1.96 bits per heavy atom. The van der Waals surface area contributed by atoms with Gasteiger partial charge in [0.15, 0.2) is 0 Å². The molecule has 0 bridgehead atoms. The van der Waals surface area contributed by atoms with Gasteiger partial charge < -0.3 is 15.1 Å². The van der Waals surface area contributed by atoms with Crippen LogP contribution < -0.4 is 0 Å². The topological polar surface area (TPSA) is 98.2 Å². The molecule has 1 aliphatic rings. The van der Waals surface area contributed by atoms with Crippen molar-refractivity contribution in [3.8, 4) is 0 Å². The van der Waals surface area contributed by atoms with Gasteiger partial charge in [-0.15, -0.1) is 0 Å². The molecule has 1 heterocycles. The maximum atomic E-state index is 12.8. The lowest BCUT2D eigenvalue weighted by molar-refractivity contribution is -0.159. The van der Waals surface area contributed by atoms with Gasteiger partial charge in [-0.05, 0) is 30.7 Å². The first-order valence-electron chi connectivity index (χ1n) is 8.78. The van der Waals surface area contributed by atoms with Gasteiger partial charge in [0, 0.05) is 37.8 Å². The summed E-state index contributed by atoms with van der Waals surface area (Å²) in [4.78, 5) is 35.4. The number of carboxylic acids is 2. The largest absolute Gasteiger partial charge is 0.473 e. The first-order valence-corrected chi connectivity index (χ1v) is 8.78. The summed E-state index contributed by atoms with van der Waals surface area (Å²) in [5.41, 5.74) is 0.825. The zero-order valence-corrected chi connectivity index (χ0v) is 15.5. The van der Waals surface area contributed by atoms with Crippen molar-refractivity contribution in [3.05, 3.63) is 48.0 Å². The Morgan fingerprint density at radius 2 is 1.41 bits per heavy atom. The van der Waals surface area contributed by atoms with Crippen LogP contribution in [0.15, 0.2) is 42.5 Å². The minimum atomic E-state index is -1.82. The third-order valence-electron chi connectivity index (χ3n) is 4.53. The van der Waals surface area contributed by atoms with Gasteiger partial charge in [-0.25, -0.2) is 9.59 Å². The summed E-state index contributed by atoms with van der Waals surface area (Å²) in [7, 11) is 0. The Kier molecular flexibility index (Phi) is 6.90. The molecule has 0 unspecified atom stereocenters. The molecule has 7 nitrogen and oxygen atoms in total. The van der Waals surface area contributed by atoms with Crippen molar-refractivity contribution in [1.82, 2.24) is 9.80 Å². The van der Waals surface area contributed by atoms with E-state index >= 15 is 0 Å². The molecule has 2 N–H and O–H groups in total. The van der Waals surface area contributed by atoms with E-state index in [9.17, 15) is 4.79 Å². The molecule has 1 saturated heterocycles. The molecule has 0 aliphatic carbocycles. The predicted octanol–water partition coefficient (Wildman–Crippen LogP) is 2.16. The van der Waals surface area contributed by atoms with Gasteiger partial charge in [0.1, 0.15) is 0 Å². The first kappa shape index (κ1) is 20.4. The first-order chi connectivity index (χ1) is 12.8. The van der Waals surface area contributed by atoms with Crippen LogP contribution in [-0.4, -0.2) is 70.1 Å². The van der Waals surface area contributed by atoms with Crippen LogP contribution in [0.3, 0.4) is 0 Å². The minimum Gasteiger partial charge on any atom is -0.473 e. The van der Waals surface area contributed by atoms with Gasteiger partial charge in [-0.1, -0.05) is 36.4 Å². The zero-order chi connectivity index (χ0) is 20.0. The number of hydrogen-bond donors (Lipinski definition) is 2. The number of benzene rings is 2. The number of hydrogen-bond acceptors (Lipinski definition) is 4. The highest BCUT2D eigenvalue weighted by Gasteiger charge is 2.24. The van der Waals surface area contributed by atoms with E-state index in [4.69, 9.17) is 19.8 Å². The second-order valence-electron chi connectivity index (χ2n) is 6.56. The SMILES string of the molecule is CC(C)N1CCN(C(=O)c2cccc3ccccc23)CC1.O=C(O)C(=O)O. The number of carbonyl (C=O) groups excluding carboxylic acids is 1. The lowest BCUT2D eigenvalue weighted by Gasteiger charge is -2.37. The summed E-state index contributed by atoms with van der Waals surface area (Å²) in [5, 5.41) is 17.0. The smallest absolute Gasteiger partial charge is 0.414 e. The quantitative estimate of drug-likeness (QED) is 0.784. The summed E-state index contributed by atoms with van der Waals surface area (Å²) in [6.07, 6.45) is 0. The number of rotatable bonds is 2. The van der Waals surface area contributed by atoms with E-state index in [2.05, 4.69) is 30.9 Å². The maximum Gasteiger partial charge on any atom is 0.414 e. The highest BCUT2D eigenvalue weighted by Crippen LogP contribution is 2.20. The number of nitrogens with zero attached hydrogens (tertiary/aromatic N) is 2. The molecular formula is C20H24N2O5. The second-order valence-corrected chi connectivity index (χ2v) is 6.56. The fourth-order valence-electron chi connectivity index (χ4n) is 3.02. The molecule has 1 amide bonds. The Balaban J connectivity index is 0.000000380. The average molecular weight is 372 g/mol. The van der Waals surface area contributed by atoms with E-state index in [1.165, 1.54) is 0 Å². The van der Waals surface area contributed by atoms with E-state index in [-0.39, 0.29) is 5.91 Å². The summed E-state index contributed by atoms with van der Waals surface area (Å²) in [6.45, 7) is 7.99. The molecule has 2 aromatic rings. The van der Waals surface area contributed by atoms with Crippen LogP contribution in [0.1, 0.15) is 24.2 Å². The molecular weight excluding hydrogens is 348 g/mol. The lowest BCUT2D eigenvalue weighted by atomic mass is 10.0. The summed E-state index contributed by atoms with van der Waals surface area (Å²) < 4.78 is 0. The predicted molar refractivity (Wildman–Crippen MR) is 102 cm³/mol. The van der Waals surface area contributed by atoms with Crippen LogP contribution >= 0.6 is 0 Å². The molecule has 2 aromatic carbocycles. The van der Waals surface area contributed by atoms with Crippen LogP contribution in [0, 0.1) is 0 Å². The lowest BCUT2D eigenvalue weighted by Crippen LogP contribution is -2.50. The van der Waals surface area contributed by atoms with Crippen molar-refractivity contribution >= 4 is 28.6 Å². The van der Waals surface area contributed by atoms with Crippen molar-refractivity contribution < 1.29 is 24.6 Å². The molecule has 1 fully saturated rings. The number of fused-ring (bicyclic) bond motifs is 1. The molecule has 0 spiro atoms. The Labute approximate surface area is 157 Å². The van der Waals surface area contributed by atoms with Gasteiger partial charge in [0.05, 0.1) is 0 Å². The Bertz CT molecular complexity index is 809. The van der Waals surface area contributed by atoms with E-state index < -0.39 is 11.9 Å². The molecule has 0 atom stereocenters. The second kappa shape index (κ2) is 9.14. The number of amides is 1. The fraction of sp³-hybridized carbons (Fsp3) is 0.350. The molecule has 0 saturated carbocycles. The van der Waals surface area contributed by atoms with Gasteiger partial charge in [0.2, 0.25) is 0 Å². The van der Waals surface area contributed by atoms with Crippen LogP contribution in [0.5, 0.6) is 0 Å². The van der Waals surface area contributed by atoms with Crippen molar-refractivity contribution in [2.45, 2.75) is 19.9 Å². The zero-order valence-electron chi connectivity index (χ0n) is 15.5. The molecule has 144 valence electrons. The molecule has 0 aromatic heterocycles. The third kappa shape index (κ3) is 5.27. The maximum absolute atomic E-state index is 12.8. The monoisotopic (exact) mass is 372 g/mol. The van der Waals surface area contributed by atoms with Crippen LogP contribution in [0.2, 0.25) is 0 Å². The minimum absolute atomic E-state index is 0.162. The van der Waals surface area contributed by atoms with Crippen LogP contribution in [0.25, 0.3) is 10.8 Å². The van der Waals surface area contributed by atoms with Crippen LogP contribution in [-0.2, 0) is 9.59 Å². The van der Waals surface area contributed by atoms with Crippen molar-refractivity contribution in [3.63, 3.8) is 0 Å². The van der Waals surface area contributed by atoms with Gasteiger partial charge >= 0.3 is 11.9 Å². The molecule has 3 rings (SSSR count). The molecule has 0 radical (unpaired) electrons. The summed E-state index contributed by atoms with van der Waals surface area (Å²) in [6, 6.07) is 14.6. The van der Waals surface area contributed by atoms with Gasteiger partial charge in [0.25, 0.3) is 5.91 Å². The van der Waals surface area contributed by atoms with Gasteiger partial charge in [-0.2, -0.15) is 0 Å². The van der Waals surface area contributed by atoms with Crippen molar-refractivity contribution in [2.75, 3.05) is 26.2 Å². The normalized spacial score (nSPS) is 14.6. The van der Waals surface area contributed by atoms with E-state index in [1.54, 1.807) is 0 Å². The number of carboxylic acid groups (broad SMARTS) is 2. The number of carbonyl (C=O) groups is 3. The standard InChI is InChI=1S/C18H22N2O.C2H2O4/c1-14(2)19-10-12-20(13-11-19)18(21)17-9-5-7-15-6-3-4-8-16(15)17;3-1(4)2(5)6/h3-9,14H,10-13H2,1-2H3;(H,3,4)(H,5,6). The van der Waals surface area contributed by atoms with E-state index in [0.29, 0.717) is 6.04 Å². The molecule has 1 aliphatic heterocycles. The highest BCUT2D eigenvalue weighted by atomic mass is 16.4. The Morgan fingerprint density at radius 1 is 0.852 bits per heavy atom. The highest BCUT2D eigenvalue weighted by molar-refractivity contribution is 6.27. The average Bonchev–Trinajstić information content (AvgIpc) is 2.67. The third-order valence-corrected chi connectivity index (χ3v) is 4.53. The van der Waals surface area contributed by atoms with E-state index in [0.717, 1.165) is 42.5 Å².